The van der Waals surface area contributed by atoms with E-state index in [1.807, 2.05) is 19.1 Å². The van der Waals surface area contributed by atoms with Gasteiger partial charge in [-0.1, -0.05) is 36.7 Å². The van der Waals surface area contributed by atoms with Crippen LogP contribution in [0.25, 0.3) is 0 Å². The van der Waals surface area contributed by atoms with Gasteiger partial charge in [0.25, 0.3) is 0 Å². The van der Waals surface area contributed by atoms with Crippen LogP contribution >= 0.6 is 11.6 Å². The number of carbonyl (C=O) groups is 3. The van der Waals surface area contributed by atoms with E-state index < -0.39 is 0 Å². The number of Topliss-reactive ketones (excluding diaryl/α,β-unsaturated/α-hetero) is 1. The highest BCUT2D eigenvalue weighted by Gasteiger charge is 2.50. The first-order chi connectivity index (χ1) is 14.0. The third-order valence-electron chi connectivity index (χ3n) is 5.48. The summed E-state index contributed by atoms with van der Waals surface area (Å²) in [6.45, 7) is 1.81. The third-order valence-corrected chi connectivity index (χ3v) is 5.74. The number of halogens is 1. The van der Waals surface area contributed by atoms with Crippen molar-refractivity contribution in [1.82, 2.24) is 0 Å². The number of nitrogens with zero attached hydrogens (tertiary/aromatic N) is 1. The first-order valence-corrected chi connectivity index (χ1v) is 9.89. The second-order valence-electron chi connectivity index (χ2n) is 7.38. The van der Waals surface area contributed by atoms with Gasteiger partial charge < -0.3 is 4.74 Å². The average Bonchev–Trinajstić information content (AvgIpc) is 2.98. The minimum Gasteiger partial charge on any atom is -0.485 e. The van der Waals surface area contributed by atoms with Crippen LogP contribution in [-0.2, 0) is 9.59 Å². The van der Waals surface area contributed by atoms with Gasteiger partial charge in [0.1, 0.15) is 5.75 Å². The first kappa shape index (κ1) is 19.4. The third kappa shape index (κ3) is 3.70. The molecule has 2 aliphatic rings. The minimum absolute atomic E-state index is 0.0339. The van der Waals surface area contributed by atoms with E-state index in [9.17, 15) is 14.4 Å². The molecule has 1 saturated heterocycles. The van der Waals surface area contributed by atoms with Gasteiger partial charge in [-0.05, 0) is 48.7 Å². The van der Waals surface area contributed by atoms with Crippen LogP contribution in [-0.4, -0.2) is 24.2 Å². The number of amides is 2. The van der Waals surface area contributed by atoms with Gasteiger partial charge in [0.2, 0.25) is 11.8 Å². The normalized spacial score (nSPS) is 23.2. The fraction of sp³-hybridized carbons (Fsp3) is 0.261. The summed E-state index contributed by atoms with van der Waals surface area (Å²) in [5.41, 5.74) is 0.971. The van der Waals surface area contributed by atoms with Crippen LogP contribution in [0, 0.1) is 17.8 Å². The molecule has 0 saturated carbocycles. The molecule has 1 heterocycles. The highest BCUT2D eigenvalue weighted by molar-refractivity contribution is 6.30. The lowest BCUT2D eigenvalue weighted by Gasteiger charge is -2.22. The van der Waals surface area contributed by atoms with Crippen molar-refractivity contribution in [1.29, 1.82) is 0 Å². The second-order valence-corrected chi connectivity index (χ2v) is 7.82. The molecule has 1 aliphatic heterocycles. The zero-order chi connectivity index (χ0) is 20.5. The van der Waals surface area contributed by atoms with E-state index in [-0.39, 0.29) is 42.0 Å². The molecular formula is C23H20ClNO4. The van der Waals surface area contributed by atoms with E-state index in [2.05, 4.69) is 0 Å². The molecule has 6 heteroatoms. The van der Waals surface area contributed by atoms with E-state index >= 15 is 0 Å². The molecule has 1 fully saturated rings. The van der Waals surface area contributed by atoms with Crippen molar-refractivity contribution in [3.05, 3.63) is 71.3 Å². The van der Waals surface area contributed by atoms with Crippen LogP contribution in [0.1, 0.15) is 23.7 Å². The van der Waals surface area contributed by atoms with Gasteiger partial charge >= 0.3 is 0 Å². The van der Waals surface area contributed by atoms with Crippen molar-refractivity contribution >= 4 is 34.9 Å². The Morgan fingerprint density at radius 3 is 2.62 bits per heavy atom. The Balaban J connectivity index is 1.49. The van der Waals surface area contributed by atoms with Crippen molar-refractivity contribution in [2.45, 2.75) is 13.3 Å². The van der Waals surface area contributed by atoms with Crippen molar-refractivity contribution in [3.63, 3.8) is 0 Å². The lowest BCUT2D eigenvalue weighted by molar-refractivity contribution is -0.122. The lowest BCUT2D eigenvalue weighted by Crippen LogP contribution is -2.31. The molecule has 0 radical (unpaired) electrons. The summed E-state index contributed by atoms with van der Waals surface area (Å²) >= 11 is 5.84. The molecule has 148 valence electrons. The van der Waals surface area contributed by atoms with Crippen molar-refractivity contribution in [2.75, 3.05) is 11.5 Å². The summed E-state index contributed by atoms with van der Waals surface area (Å²) in [6, 6.07) is 13.3. The van der Waals surface area contributed by atoms with Gasteiger partial charge in [-0.3, -0.25) is 14.4 Å². The second kappa shape index (κ2) is 7.84. The zero-order valence-corrected chi connectivity index (χ0v) is 16.6. The highest BCUT2D eigenvalue weighted by atomic mass is 35.5. The molecule has 0 N–H and O–H groups in total. The van der Waals surface area contributed by atoms with E-state index in [0.29, 0.717) is 28.4 Å². The monoisotopic (exact) mass is 409 g/mol. The molecule has 0 spiro atoms. The molecule has 2 aromatic carbocycles. The van der Waals surface area contributed by atoms with Gasteiger partial charge in [-0.15, -0.1) is 0 Å². The Bertz CT molecular complexity index is 998. The molecule has 3 unspecified atom stereocenters. The number of rotatable bonds is 5. The maximum atomic E-state index is 12.9. The lowest BCUT2D eigenvalue weighted by atomic mass is 9.78. The molecule has 2 aromatic rings. The standard InChI is InChI=1S/C23H20ClNO4/c1-14-4-2-7-19-21(14)23(28)25(22(19)27)17-5-3-6-18(12-17)29-13-20(26)15-8-10-16(24)11-9-15/h2-6,8-12,14,19,21H,7,13H2,1H3. The molecule has 0 bridgehead atoms. The quantitative estimate of drug-likeness (QED) is 0.419. The van der Waals surface area contributed by atoms with E-state index in [0.717, 1.165) is 0 Å². The van der Waals surface area contributed by atoms with E-state index in [4.69, 9.17) is 16.3 Å². The summed E-state index contributed by atoms with van der Waals surface area (Å²) in [5.74, 6) is -0.705. The number of anilines is 1. The molecule has 2 amide bonds. The number of fused-ring (bicyclic) bond motifs is 1. The van der Waals surface area contributed by atoms with Crippen LogP contribution in [0.5, 0.6) is 5.75 Å². The molecule has 0 aromatic heterocycles. The van der Waals surface area contributed by atoms with Crippen molar-refractivity contribution in [2.24, 2.45) is 17.8 Å². The Hall–Kier alpha value is -2.92. The largest absolute Gasteiger partial charge is 0.485 e. The van der Waals surface area contributed by atoms with E-state index in [1.165, 1.54) is 4.90 Å². The van der Waals surface area contributed by atoms with Crippen LogP contribution in [0.3, 0.4) is 0 Å². The van der Waals surface area contributed by atoms with Crippen LogP contribution in [0.2, 0.25) is 5.02 Å². The summed E-state index contributed by atoms with van der Waals surface area (Å²) < 4.78 is 5.62. The number of ketones is 1. The van der Waals surface area contributed by atoms with Crippen LogP contribution < -0.4 is 9.64 Å². The number of benzene rings is 2. The number of carbonyl (C=O) groups excluding carboxylic acids is 3. The molecule has 4 rings (SSSR count). The van der Waals surface area contributed by atoms with Crippen molar-refractivity contribution < 1.29 is 19.1 Å². The topological polar surface area (TPSA) is 63.7 Å². The average molecular weight is 410 g/mol. The molecule has 3 atom stereocenters. The van der Waals surface area contributed by atoms with E-state index in [1.54, 1.807) is 48.5 Å². The Morgan fingerprint density at radius 1 is 1.14 bits per heavy atom. The fourth-order valence-corrected chi connectivity index (χ4v) is 4.11. The number of allylic oxidation sites excluding steroid dienone is 2. The SMILES string of the molecule is CC1C=CCC2C(=O)N(c3cccc(OCC(=O)c4ccc(Cl)cc4)c3)C(=O)C12. The predicted molar refractivity (Wildman–Crippen MR) is 110 cm³/mol. The predicted octanol–water partition coefficient (Wildman–Crippen LogP) is 4.30. The fourth-order valence-electron chi connectivity index (χ4n) is 3.98. The number of hydrogen-bond donors (Lipinski definition) is 0. The van der Waals surface area contributed by atoms with Gasteiger partial charge in [0, 0.05) is 16.7 Å². The highest BCUT2D eigenvalue weighted by Crippen LogP contribution is 2.40. The first-order valence-electron chi connectivity index (χ1n) is 9.52. The Morgan fingerprint density at radius 2 is 1.90 bits per heavy atom. The Kier molecular flexibility index (Phi) is 5.24. The minimum atomic E-state index is -0.316. The Labute approximate surface area is 173 Å². The maximum Gasteiger partial charge on any atom is 0.238 e. The molecular weight excluding hydrogens is 390 g/mol. The summed E-state index contributed by atoms with van der Waals surface area (Å²) in [7, 11) is 0. The zero-order valence-electron chi connectivity index (χ0n) is 15.9. The number of ether oxygens (including phenoxy) is 1. The van der Waals surface area contributed by atoms with Gasteiger partial charge in [0.05, 0.1) is 17.5 Å². The number of imide groups is 1. The smallest absolute Gasteiger partial charge is 0.238 e. The van der Waals surface area contributed by atoms with Gasteiger partial charge in [0.15, 0.2) is 12.4 Å². The number of hydrogen-bond acceptors (Lipinski definition) is 4. The summed E-state index contributed by atoms with van der Waals surface area (Å²) in [4.78, 5) is 39.3. The van der Waals surface area contributed by atoms with Crippen molar-refractivity contribution in [3.8, 4) is 5.75 Å². The van der Waals surface area contributed by atoms with Crippen LogP contribution in [0.15, 0.2) is 60.7 Å². The van der Waals surface area contributed by atoms with Gasteiger partial charge in [-0.2, -0.15) is 0 Å². The summed E-state index contributed by atoms with van der Waals surface area (Å²) in [6.07, 6.45) is 4.56. The van der Waals surface area contributed by atoms with Crippen LogP contribution in [0.4, 0.5) is 5.69 Å². The maximum absolute atomic E-state index is 12.9. The molecule has 5 nitrogen and oxygen atoms in total. The van der Waals surface area contributed by atoms with Gasteiger partial charge in [-0.25, -0.2) is 4.90 Å². The molecule has 1 aliphatic carbocycles. The summed E-state index contributed by atoms with van der Waals surface area (Å²) in [5, 5.41) is 0.556. The molecule has 29 heavy (non-hydrogen) atoms.